The van der Waals surface area contributed by atoms with E-state index in [0.29, 0.717) is 10.6 Å². The second-order valence-electron chi connectivity index (χ2n) is 5.44. The quantitative estimate of drug-likeness (QED) is 0.636. The first kappa shape index (κ1) is 17.4. The largest absolute Gasteiger partial charge is 0.416 e. The van der Waals surface area contributed by atoms with Crippen LogP contribution >= 0.6 is 11.8 Å². The fourth-order valence-electron chi connectivity index (χ4n) is 2.78. The Hall–Kier alpha value is -2.41. The lowest BCUT2D eigenvalue weighted by Gasteiger charge is -2.12. The molecule has 0 amide bonds. The Morgan fingerprint density at radius 3 is 2.28 bits per heavy atom. The molecule has 0 N–H and O–H groups in total. The summed E-state index contributed by atoms with van der Waals surface area (Å²) in [5.74, 6) is 0. The van der Waals surface area contributed by atoms with Gasteiger partial charge in [-0.25, -0.2) is 4.68 Å². The normalized spacial score (nSPS) is 11.7. The van der Waals surface area contributed by atoms with Gasteiger partial charge in [0, 0.05) is 7.05 Å². The molecule has 0 fully saturated rings. The van der Waals surface area contributed by atoms with Crippen LogP contribution in [0.2, 0.25) is 0 Å². The molecule has 3 rings (SSSR count). The number of aromatic nitrogens is 2. The first-order valence-corrected chi connectivity index (χ1v) is 8.66. The number of nitrogens with zero attached hydrogens (tertiary/aromatic N) is 2. The second-order valence-corrected chi connectivity index (χ2v) is 6.23. The van der Waals surface area contributed by atoms with Crippen molar-refractivity contribution in [2.45, 2.75) is 11.2 Å². The number of rotatable bonds is 3. The third kappa shape index (κ3) is 3.11. The minimum absolute atomic E-state index is 0.180. The number of hydrogen-bond acceptors (Lipinski definition) is 2. The highest BCUT2D eigenvalue weighted by atomic mass is 32.2. The van der Waals surface area contributed by atoms with E-state index < -0.39 is 11.7 Å². The van der Waals surface area contributed by atoms with Gasteiger partial charge in [0.25, 0.3) is 5.56 Å². The zero-order valence-corrected chi connectivity index (χ0v) is 14.4. The van der Waals surface area contributed by atoms with Crippen molar-refractivity contribution in [3.8, 4) is 16.8 Å². The molecule has 0 aliphatic carbocycles. The summed E-state index contributed by atoms with van der Waals surface area (Å²) in [6.07, 6.45) is -2.63. The van der Waals surface area contributed by atoms with Crippen molar-refractivity contribution < 1.29 is 13.2 Å². The van der Waals surface area contributed by atoms with E-state index in [-0.39, 0.29) is 11.2 Å². The van der Waals surface area contributed by atoms with Gasteiger partial charge in [0.15, 0.2) is 0 Å². The maximum absolute atomic E-state index is 13.0. The molecule has 0 radical (unpaired) electrons. The fourth-order valence-corrected chi connectivity index (χ4v) is 3.53. The molecule has 0 aliphatic heterocycles. The Labute approximate surface area is 146 Å². The molecule has 0 bridgehead atoms. The Bertz CT molecular complexity index is 959. The van der Waals surface area contributed by atoms with E-state index in [1.165, 1.54) is 28.6 Å². The molecule has 130 valence electrons. The molecule has 2 aromatic carbocycles. The van der Waals surface area contributed by atoms with E-state index in [0.717, 1.165) is 17.7 Å². The number of alkyl halides is 3. The van der Waals surface area contributed by atoms with Gasteiger partial charge < -0.3 is 0 Å². The van der Waals surface area contributed by atoms with Crippen molar-refractivity contribution in [3.63, 3.8) is 0 Å². The van der Waals surface area contributed by atoms with E-state index in [9.17, 15) is 18.0 Å². The van der Waals surface area contributed by atoms with E-state index in [1.54, 1.807) is 11.7 Å². The predicted molar refractivity (Wildman–Crippen MR) is 93.2 cm³/mol. The standard InChI is InChI=1S/C18H15F3N2OS/c1-22-17(25-2)15(12-7-4-3-5-8-12)16(24)23(22)14-10-6-9-13(11-14)18(19,20)21/h3-11H,1-2H3. The summed E-state index contributed by atoms with van der Waals surface area (Å²) in [5.41, 5.74) is 0.258. The van der Waals surface area contributed by atoms with E-state index in [4.69, 9.17) is 0 Å². The summed E-state index contributed by atoms with van der Waals surface area (Å²) in [5, 5.41) is 0.689. The van der Waals surface area contributed by atoms with Crippen LogP contribution in [0.5, 0.6) is 0 Å². The maximum atomic E-state index is 13.0. The van der Waals surface area contributed by atoms with Crippen LogP contribution in [0.4, 0.5) is 13.2 Å². The van der Waals surface area contributed by atoms with E-state index in [2.05, 4.69) is 0 Å². The van der Waals surface area contributed by atoms with Crippen molar-refractivity contribution in [3.05, 3.63) is 70.5 Å². The average molecular weight is 364 g/mol. The van der Waals surface area contributed by atoms with Gasteiger partial charge in [-0.3, -0.25) is 9.48 Å². The molecular weight excluding hydrogens is 349 g/mol. The molecule has 3 aromatic rings. The third-order valence-electron chi connectivity index (χ3n) is 3.89. The molecule has 1 heterocycles. The molecule has 1 aromatic heterocycles. The number of hydrogen-bond donors (Lipinski definition) is 0. The van der Waals surface area contributed by atoms with Crippen LogP contribution in [0.3, 0.4) is 0 Å². The minimum Gasteiger partial charge on any atom is -0.274 e. The molecule has 3 nitrogen and oxygen atoms in total. The smallest absolute Gasteiger partial charge is 0.274 e. The molecule has 0 spiro atoms. The van der Waals surface area contributed by atoms with Gasteiger partial charge in [-0.15, -0.1) is 11.8 Å². The lowest BCUT2D eigenvalue weighted by molar-refractivity contribution is -0.137. The molecule has 7 heteroatoms. The third-order valence-corrected chi connectivity index (χ3v) is 4.74. The van der Waals surface area contributed by atoms with Crippen molar-refractivity contribution in [1.82, 2.24) is 9.36 Å². The SMILES string of the molecule is CSc1c(-c2ccccc2)c(=O)n(-c2cccc(C(F)(F)F)c2)n1C. The van der Waals surface area contributed by atoms with Crippen LogP contribution in [-0.2, 0) is 13.2 Å². The summed E-state index contributed by atoms with van der Waals surface area (Å²) in [7, 11) is 1.67. The molecule has 25 heavy (non-hydrogen) atoms. The van der Waals surface area contributed by atoms with Crippen molar-refractivity contribution >= 4 is 11.8 Å². The van der Waals surface area contributed by atoms with Crippen molar-refractivity contribution in [2.75, 3.05) is 6.26 Å². The fraction of sp³-hybridized carbons (Fsp3) is 0.167. The molecule has 0 atom stereocenters. The van der Waals surface area contributed by atoms with Crippen LogP contribution in [0.15, 0.2) is 64.4 Å². The van der Waals surface area contributed by atoms with Crippen molar-refractivity contribution in [2.24, 2.45) is 7.05 Å². The maximum Gasteiger partial charge on any atom is 0.416 e. The molecule has 0 saturated heterocycles. The molecular formula is C18H15F3N2OS. The first-order valence-electron chi connectivity index (χ1n) is 7.43. The highest BCUT2D eigenvalue weighted by Gasteiger charge is 2.31. The van der Waals surface area contributed by atoms with E-state index >= 15 is 0 Å². The average Bonchev–Trinajstić information content (AvgIpc) is 2.85. The Kier molecular flexibility index (Phi) is 4.51. The summed E-state index contributed by atoms with van der Waals surface area (Å²) >= 11 is 1.38. The van der Waals surface area contributed by atoms with Crippen LogP contribution in [-0.4, -0.2) is 15.6 Å². The molecule has 0 aliphatic rings. The first-order chi connectivity index (χ1) is 11.8. The lowest BCUT2D eigenvalue weighted by atomic mass is 10.1. The highest BCUT2D eigenvalue weighted by Crippen LogP contribution is 2.32. The van der Waals surface area contributed by atoms with Crippen LogP contribution in [0.25, 0.3) is 16.8 Å². The molecule has 0 unspecified atom stereocenters. The number of halogens is 3. The zero-order valence-electron chi connectivity index (χ0n) is 13.5. The Morgan fingerprint density at radius 1 is 1.00 bits per heavy atom. The monoisotopic (exact) mass is 364 g/mol. The van der Waals surface area contributed by atoms with Gasteiger partial charge in [0.2, 0.25) is 0 Å². The highest BCUT2D eigenvalue weighted by molar-refractivity contribution is 7.98. The second kappa shape index (κ2) is 6.48. The minimum atomic E-state index is -4.46. The number of thioether (sulfide) groups is 1. The summed E-state index contributed by atoms with van der Waals surface area (Å²) in [4.78, 5) is 13.0. The van der Waals surface area contributed by atoms with Gasteiger partial charge in [-0.05, 0) is 30.0 Å². The van der Waals surface area contributed by atoms with Crippen LogP contribution in [0.1, 0.15) is 5.56 Å². The number of benzene rings is 2. The Balaban J connectivity index is 2.26. The predicted octanol–water partition coefficient (Wildman–Crippen LogP) is 4.58. The van der Waals surface area contributed by atoms with Crippen molar-refractivity contribution in [1.29, 1.82) is 0 Å². The van der Waals surface area contributed by atoms with Crippen LogP contribution in [0, 0.1) is 0 Å². The summed E-state index contributed by atoms with van der Waals surface area (Å²) < 4.78 is 41.9. The van der Waals surface area contributed by atoms with E-state index in [1.807, 2.05) is 36.6 Å². The van der Waals surface area contributed by atoms with Gasteiger partial charge in [-0.1, -0.05) is 36.4 Å². The summed E-state index contributed by atoms with van der Waals surface area (Å²) in [6, 6.07) is 13.9. The molecule has 0 saturated carbocycles. The topological polar surface area (TPSA) is 26.9 Å². The summed E-state index contributed by atoms with van der Waals surface area (Å²) in [6.45, 7) is 0. The zero-order chi connectivity index (χ0) is 18.2. The van der Waals surface area contributed by atoms with Crippen LogP contribution < -0.4 is 5.56 Å². The van der Waals surface area contributed by atoms with Gasteiger partial charge in [0.05, 0.1) is 16.8 Å². The van der Waals surface area contributed by atoms with Gasteiger partial charge in [0.1, 0.15) is 5.03 Å². The van der Waals surface area contributed by atoms with Gasteiger partial charge in [-0.2, -0.15) is 13.2 Å². The lowest BCUT2D eigenvalue weighted by Crippen LogP contribution is -2.20. The Morgan fingerprint density at radius 2 is 1.68 bits per heavy atom. The van der Waals surface area contributed by atoms with Gasteiger partial charge >= 0.3 is 6.18 Å².